The number of ether oxygens (including phenoxy) is 4. The van der Waals surface area contributed by atoms with Crippen molar-refractivity contribution in [2.75, 3.05) is 53.4 Å². The molecule has 8 N–H and O–H groups in total. The van der Waals surface area contributed by atoms with E-state index < -0.39 is 29.5 Å². The van der Waals surface area contributed by atoms with Gasteiger partial charge in [-0.3, -0.25) is 15.6 Å². The van der Waals surface area contributed by atoms with Crippen LogP contribution < -0.4 is 40.7 Å². The van der Waals surface area contributed by atoms with Crippen molar-refractivity contribution in [3.8, 4) is 51.7 Å². The van der Waals surface area contributed by atoms with Crippen molar-refractivity contribution in [1.29, 1.82) is 0 Å². The molecule has 356 valence electrons. The van der Waals surface area contributed by atoms with E-state index in [2.05, 4.69) is 70.9 Å². The minimum absolute atomic E-state index is 0.0241. The summed E-state index contributed by atoms with van der Waals surface area (Å²) in [5.74, 6) is 9.17. The van der Waals surface area contributed by atoms with E-state index in [4.69, 9.17) is 18.9 Å². The van der Waals surface area contributed by atoms with E-state index in [9.17, 15) is 25.5 Å². The molecular formula is C54H66N4O9. The van der Waals surface area contributed by atoms with Crippen molar-refractivity contribution >= 4 is 6.08 Å². The molecule has 67 heavy (non-hydrogen) atoms. The number of aromatic hydroxyl groups is 2. The van der Waals surface area contributed by atoms with E-state index in [0.717, 1.165) is 49.5 Å². The second kappa shape index (κ2) is 19.8. The lowest BCUT2D eigenvalue weighted by molar-refractivity contribution is -0.141. The number of benzene rings is 4. The Hall–Kier alpha value is -5.17. The first kappa shape index (κ1) is 46.9. The first-order valence-corrected chi connectivity index (χ1v) is 24.1. The molecule has 0 spiro atoms. The van der Waals surface area contributed by atoms with Crippen molar-refractivity contribution in [3.05, 3.63) is 98.1 Å². The maximum atomic E-state index is 11.6. The third-order valence-corrected chi connectivity index (χ3v) is 14.0. The van der Waals surface area contributed by atoms with Crippen LogP contribution in [0.25, 0.3) is 17.2 Å². The lowest BCUT2D eigenvalue weighted by Gasteiger charge is -2.49. The Labute approximate surface area is 393 Å². The Kier molecular flexibility index (Phi) is 13.9. The predicted octanol–water partition coefficient (Wildman–Crippen LogP) is 4.37. The lowest BCUT2D eigenvalue weighted by atomic mass is 9.69. The summed E-state index contributed by atoms with van der Waals surface area (Å²) < 4.78 is 28.0. The monoisotopic (exact) mass is 914 g/mol. The lowest BCUT2D eigenvalue weighted by Crippen LogP contribution is -2.62. The van der Waals surface area contributed by atoms with Gasteiger partial charge in [0.15, 0.2) is 17.6 Å². The summed E-state index contributed by atoms with van der Waals surface area (Å²) in [6, 6.07) is 15.3. The Morgan fingerprint density at radius 2 is 1.90 bits per heavy atom. The number of fused-ring (bicyclic) bond motifs is 13. The van der Waals surface area contributed by atoms with Crippen LogP contribution >= 0.6 is 0 Å². The van der Waals surface area contributed by atoms with Crippen molar-refractivity contribution in [2.24, 2.45) is 10.9 Å². The fourth-order valence-corrected chi connectivity index (χ4v) is 11.1. The molecule has 0 saturated heterocycles. The number of phenols is 2. The van der Waals surface area contributed by atoms with Crippen LogP contribution in [0, 0.1) is 17.8 Å². The SMILES string of the molecule is CNCO[C@]12Cc3c4c(c5c(c3O[C@@H]1c1cc(CCCO)c(O)c(c1)OCCC#C[C@@H]2NCNC[C@@](C)(O)CC(C)C)CC[C@H](CO)O5)-c1ccc(O)cc1[C@@H](Cc1ccc2c(c1)=CCN=2)C4. The summed E-state index contributed by atoms with van der Waals surface area (Å²) >= 11 is 0. The minimum Gasteiger partial charge on any atom is -0.508 e. The molecule has 13 heteroatoms. The molecule has 4 aromatic rings. The quantitative estimate of drug-likeness (QED) is 0.0452. The highest BCUT2D eigenvalue weighted by Crippen LogP contribution is 2.58. The van der Waals surface area contributed by atoms with Crippen molar-refractivity contribution in [2.45, 2.75) is 114 Å². The molecule has 13 nitrogen and oxygen atoms in total. The van der Waals surface area contributed by atoms with Gasteiger partial charge in [-0.05, 0) is 146 Å². The number of phenolic OH excluding ortho intramolecular Hbond substituents is 2. The number of rotatable bonds is 16. The molecular weight excluding hydrogens is 849 g/mol. The Morgan fingerprint density at radius 3 is 2.70 bits per heavy atom. The molecule has 9 rings (SSSR count). The second-order valence-corrected chi connectivity index (χ2v) is 19.6. The number of aryl methyl sites for hydroxylation is 1. The zero-order valence-electron chi connectivity index (χ0n) is 39.2. The fraction of sp³-hybridized carbons (Fsp3) is 0.500. The van der Waals surface area contributed by atoms with Crippen molar-refractivity contribution < 1.29 is 44.5 Å². The summed E-state index contributed by atoms with van der Waals surface area (Å²) in [5, 5.41) is 66.9. The average Bonchev–Trinajstić information content (AvgIpc) is 3.78. The zero-order valence-corrected chi connectivity index (χ0v) is 39.2. The fourth-order valence-electron chi connectivity index (χ4n) is 11.1. The van der Waals surface area contributed by atoms with E-state index >= 15 is 0 Å². The van der Waals surface area contributed by atoms with E-state index in [-0.39, 0.29) is 44.0 Å². The predicted molar refractivity (Wildman–Crippen MR) is 256 cm³/mol. The number of nitrogens with one attached hydrogen (secondary N) is 3. The Morgan fingerprint density at radius 1 is 1.03 bits per heavy atom. The van der Waals surface area contributed by atoms with Crippen LogP contribution in [-0.4, -0.2) is 102 Å². The minimum atomic E-state index is -1.22. The molecule has 0 fully saturated rings. The van der Waals surface area contributed by atoms with Gasteiger partial charge >= 0.3 is 0 Å². The summed E-state index contributed by atoms with van der Waals surface area (Å²) in [5.41, 5.74) is 6.28. The van der Waals surface area contributed by atoms with E-state index in [1.807, 2.05) is 38.2 Å². The van der Waals surface area contributed by atoms with Crippen LogP contribution in [0.15, 0.2) is 53.5 Å². The molecule has 6 atom stereocenters. The van der Waals surface area contributed by atoms with Crippen LogP contribution in [0.2, 0.25) is 0 Å². The number of nitrogens with zero attached hydrogens (tertiary/aromatic N) is 1. The van der Waals surface area contributed by atoms with Gasteiger partial charge in [0, 0.05) is 49.4 Å². The summed E-state index contributed by atoms with van der Waals surface area (Å²) in [6.45, 7) is 7.60. The number of aliphatic hydroxyl groups excluding tert-OH is 2. The third kappa shape index (κ3) is 9.50. The van der Waals surface area contributed by atoms with Crippen molar-refractivity contribution in [3.63, 3.8) is 0 Å². The zero-order chi connectivity index (χ0) is 46.9. The molecule has 0 radical (unpaired) electrons. The first-order valence-electron chi connectivity index (χ1n) is 24.1. The molecule has 4 heterocycles. The summed E-state index contributed by atoms with van der Waals surface area (Å²) in [6.07, 6.45) is 5.64. The van der Waals surface area contributed by atoms with E-state index in [0.29, 0.717) is 106 Å². The molecule has 0 aromatic heterocycles. The van der Waals surface area contributed by atoms with Gasteiger partial charge in [0.25, 0.3) is 0 Å². The highest BCUT2D eigenvalue weighted by molar-refractivity contribution is 5.85. The maximum Gasteiger partial charge on any atom is 0.161 e. The molecule has 4 aliphatic heterocycles. The molecule has 1 aliphatic carbocycles. The molecule has 0 amide bonds. The summed E-state index contributed by atoms with van der Waals surface area (Å²) in [4.78, 5) is 4.63. The Balaban J connectivity index is 1.25. The van der Waals surface area contributed by atoms with Gasteiger partial charge < -0.3 is 49.8 Å². The van der Waals surface area contributed by atoms with Crippen LogP contribution in [0.3, 0.4) is 0 Å². The van der Waals surface area contributed by atoms with Crippen LogP contribution in [-0.2, 0) is 36.8 Å². The topological polar surface area (TPSA) is 187 Å². The third-order valence-electron chi connectivity index (χ3n) is 14.0. The van der Waals surface area contributed by atoms with Gasteiger partial charge in [0.05, 0.1) is 37.4 Å². The molecule has 0 saturated carbocycles. The highest BCUT2D eigenvalue weighted by atomic mass is 16.6. The largest absolute Gasteiger partial charge is 0.508 e. The number of hydrogen-bond acceptors (Lipinski definition) is 13. The maximum absolute atomic E-state index is 11.6. The highest BCUT2D eigenvalue weighted by Gasteiger charge is 2.54. The Bertz CT molecular complexity index is 2670. The smallest absolute Gasteiger partial charge is 0.161 e. The standard InChI is InChI=1S/C54H66N4O9/c1-32(2)26-53(3,63)29-56-30-58-47-9-5-6-19-64-46-24-37(22-35(49(46)62)8-7-18-59)52-54(47,65-31-55-4)27-44-43-23-36(21-33-10-15-45-34(20-33)16-17-57-45)42-25-38(61)11-13-40(42)48(43)51-41(50(44)67-52)14-12-39(28-60)66-51/h10-11,13,15-16,20,22,24-25,32,36,39,47,52,55-56,58-63H,6-8,12,14,17-19,21,23,26-31H2,1-4H3/t36-,39+,47-,52+,53-,54-/m0/s1. The molecule has 2 bridgehead atoms. The first-order chi connectivity index (χ1) is 32.4. The van der Waals surface area contributed by atoms with E-state index in [1.54, 1.807) is 6.07 Å². The van der Waals surface area contributed by atoms with Gasteiger partial charge in [-0.15, -0.1) is 0 Å². The van der Waals surface area contributed by atoms with Crippen LogP contribution in [0.1, 0.15) is 97.4 Å². The van der Waals surface area contributed by atoms with E-state index in [1.165, 1.54) is 5.56 Å². The van der Waals surface area contributed by atoms with Crippen molar-refractivity contribution in [1.82, 2.24) is 16.0 Å². The van der Waals surface area contributed by atoms with Crippen LogP contribution in [0.5, 0.6) is 28.7 Å². The van der Waals surface area contributed by atoms with Gasteiger partial charge in [0.1, 0.15) is 35.0 Å². The van der Waals surface area contributed by atoms with Crippen LogP contribution in [0.4, 0.5) is 0 Å². The number of hydrogen-bond donors (Lipinski definition) is 8. The molecule has 4 aromatic carbocycles. The second-order valence-electron chi connectivity index (χ2n) is 19.6. The van der Waals surface area contributed by atoms with Gasteiger partial charge in [-0.1, -0.05) is 43.9 Å². The van der Waals surface area contributed by atoms with Gasteiger partial charge in [-0.25, -0.2) is 0 Å². The van der Waals surface area contributed by atoms with Gasteiger partial charge in [-0.2, -0.15) is 0 Å². The molecule has 0 unspecified atom stereocenters. The average molecular weight is 915 g/mol. The number of aliphatic hydroxyl groups is 3. The molecule has 5 aliphatic rings. The normalized spacial score (nSPS) is 23.0. The summed E-state index contributed by atoms with van der Waals surface area (Å²) in [7, 11) is 1.84. The van der Waals surface area contributed by atoms with Gasteiger partial charge in [0.2, 0.25) is 0 Å².